The molecule has 4 rings (SSSR count). The molecule has 0 unspecified atom stereocenters. The maximum atomic E-state index is 13.5. The highest BCUT2D eigenvalue weighted by Gasteiger charge is 2.26. The second kappa shape index (κ2) is 10.1. The number of sulfonamides is 1. The second-order valence-electron chi connectivity index (χ2n) is 7.64. The SMILES string of the molecule is COc1ccccc1NS(=O)(=O)c1cc(NC(=O)C2=NNC(=O)CC2)ccc1N1CCOCC1. The smallest absolute Gasteiger partial charge is 0.271 e. The minimum absolute atomic E-state index is 0.00279. The van der Waals surface area contributed by atoms with E-state index in [4.69, 9.17) is 9.47 Å². The minimum atomic E-state index is -4.07. The Morgan fingerprint density at radius 3 is 2.62 bits per heavy atom. The summed E-state index contributed by atoms with van der Waals surface area (Å²) in [6.07, 6.45) is 0.356. The van der Waals surface area contributed by atoms with Gasteiger partial charge in [-0.25, -0.2) is 13.8 Å². The largest absolute Gasteiger partial charge is 0.495 e. The fraction of sp³-hybridized carbons (Fsp3) is 0.318. The van der Waals surface area contributed by atoms with Crippen molar-refractivity contribution < 1.29 is 27.5 Å². The number of benzene rings is 2. The van der Waals surface area contributed by atoms with Crippen LogP contribution in [0.15, 0.2) is 52.5 Å². The molecule has 0 saturated carbocycles. The van der Waals surface area contributed by atoms with Crippen LogP contribution in [0, 0.1) is 0 Å². The van der Waals surface area contributed by atoms with Gasteiger partial charge in [0.1, 0.15) is 16.4 Å². The summed E-state index contributed by atoms with van der Waals surface area (Å²) in [4.78, 5) is 25.8. The molecule has 2 aromatic rings. The third-order valence-electron chi connectivity index (χ3n) is 5.38. The number of morpholine rings is 1. The van der Waals surface area contributed by atoms with Gasteiger partial charge in [-0.2, -0.15) is 5.10 Å². The number of hydrogen-bond acceptors (Lipinski definition) is 8. The van der Waals surface area contributed by atoms with E-state index in [-0.39, 0.29) is 35.0 Å². The van der Waals surface area contributed by atoms with Gasteiger partial charge in [-0.3, -0.25) is 14.3 Å². The Bertz CT molecular complexity index is 1220. The van der Waals surface area contributed by atoms with Crippen LogP contribution in [0.25, 0.3) is 0 Å². The lowest BCUT2D eigenvalue weighted by atomic mass is 10.1. The summed E-state index contributed by atoms with van der Waals surface area (Å²) < 4.78 is 40.3. The molecule has 3 N–H and O–H groups in total. The Kier molecular flexibility index (Phi) is 6.98. The van der Waals surface area contributed by atoms with Crippen molar-refractivity contribution >= 4 is 44.6 Å². The lowest BCUT2D eigenvalue weighted by Gasteiger charge is -2.30. The predicted molar refractivity (Wildman–Crippen MR) is 127 cm³/mol. The van der Waals surface area contributed by atoms with Gasteiger partial charge in [0.25, 0.3) is 15.9 Å². The molecule has 0 aromatic heterocycles. The molecule has 0 bridgehead atoms. The zero-order valence-electron chi connectivity index (χ0n) is 18.5. The van der Waals surface area contributed by atoms with E-state index < -0.39 is 15.9 Å². The molecule has 11 nitrogen and oxygen atoms in total. The molecular formula is C22H25N5O6S. The first-order valence-corrected chi connectivity index (χ1v) is 12.1. The van der Waals surface area contributed by atoms with Crippen molar-refractivity contribution in [3.8, 4) is 5.75 Å². The van der Waals surface area contributed by atoms with Gasteiger partial charge >= 0.3 is 0 Å². The number of ether oxygens (including phenoxy) is 2. The number of anilines is 3. The third kappa shape index (κ3) is 5.29. The van der Waals surface area contributed by atoms with Gasteiger partial charge in [0.2, 0.25) is 5.91 Å². The van der Waals surface area contributed by atoms with Crippen LogP contribution < -0.4 is 25.1 Å². The third-order valence-corrected chi connectivity index (χ3v) is 6.77. The topological polar surface area (TPSA) is 138 Å². The highest BCUT2D eigenvalue weighted by molar-refractivity contribution is 7.93. The number of nitrogens with zero attached hydrogens (tertiary/aromatic N) is 2. The van der Waals surface area contributed by atoms with Gasteiger partial charge in [0.05, 0.1) is 31.7 Å². The molecule has 2 aromatic carbocycles. The van der Waals surface area contributed by atoms with Crippen LogP contribution in [-0.2, 0) is 24.3 Å². The Balaban J connectivity index is 1.67. The molecule has 34 heavy (non-hydrogen) atoms. The van der Waals surface area contributed by atoms with Crippen molar-refractivity contribution in [2.75, 3.05) is 48.4 Å². The summed E-state index contributed by atoms with van der Waals surface area (Å²) in [5.41, 5.74) is 3.50. The molecule has 2 heterocycles. The molecule has 2 amide bonds. The van der Waals surface area contributed by atoms with Crippen molar-refractivity contribution in [2.24, 2.45) is 5.10 Å². The number of methoxy groups -OCH3 is 1. The number of carbonyl (C=O) groups is 2. The maximum Gasteiger partial charge on any atom is 0.271 e. The van der Waals surface area contributed by atoms with Crippen molar-refractivity contribution in [1.82, 2.24) is 5.43 Å². The van der Waals surface area contributed by atoms with E-state index in [1.165, 1.54) is 13.2 Å². The Labute approximate surface area is 197 Å². The number of hydrogen-bond donors (Lipinski definition) is 3. The molecule has 0 radical (unpaired) electrons. The standard InChI is InChI=1S/C22H25N5O6S/c1-32-19-5-3-2-4-16(19)26-34(30,31)20-14-15(6-8-18(20)27-10-12-33-13-11-27)23-22(29)17-7-9-21(28)25-24-17/h2-6,8,14,26H,7,9-13H2,1H3,(H,23,29)(H,25,28). The molecule has 180 valence electrons. The van der Waals surface area contributed by atoms with Crippen LogP contribution in [0.4, 0.5) is 17.1 Å². The summed E-state index contributed by atoms with van der Waals surface area (Å²) >= 11 is 0. The number of rotatable bonds is 7. The van der Waals surface area contributed by atoms with Gasteiger partial charge in [0.15, 0.2) is 0 Å². The summed E-state index contributed by atoms with van der Waals surface area (Å²) in [5, 5.41) is 6.46. The summed E-state index contributed by atoms with van der Waals surface area (Å²) in [7, 11) is -2.61. The number of para-hydroxylation sites is 2. The zero-order valence-corrected chi connectivity index (χ0v) is 19.4. The average molecular weight is 488 g/mol. The van der Waals surface area contributed by atoms with Crippen LogP contribution in [0.2, 0.25) is 0 Å². The number of carbonyl (C=O) groups excluding carboxylic acids is 2. The quantitative estimate of drug-likeness (QED) is 0.538. The number of hydrazone groups is 1. The molecule has 0 aliphatic carbocycles. The monoisotopic (exact) mass is 487 g/mol. The second-order valence-corrected chi connectivity index (χ2v) is 9.29. The Hall–Kier alpha value is -3.64. The maximum absolute atomic E-state index is 13.5. The number of amides is 2. The van der Waals surface area contributed by atoms with E-state index in [0.29, 0.717) is 43.4 Å². The summed E-state index contributed by atoms with van der Waals surface area (Å²) in [6, 6.07) is 11.4. The zero-order chi connectivity index (χ0) is 24.1. The van der Waals surface area contributed by atoms with Gasteiger partial charge in [-0.15, -0.1) is 0 Å². The van der Waals surface area contributed by atoms with Crippen molar-refractivity contribution in [3.63, 3.8) is 0 Å². The fourth-order valence-electron chi connectivity index (χ4n) is 3.64. The van der Waals surface area contributed by atoms with Gasteiger partial charge in [-0.05, 0) is 30.3 Å². The minimum Gasteiger partial charge on any atom is -0.495 e. The van der Waals surface area contributed by atoms with E-state index in [2.05, 4.69) is 20.6 Å². The molecular weight excluding hydrogens is 462 g/mol. The normalized spacial score (nSPS) is 16.3. The van der Waals surface area contributed by atoms with Crippen molar-refractivity contribution in [2.45, 2.75) is 17.7 Å². The fourth-order valence-corrected chi connectivity index (χ4v) is 4.97. The highest BCUT2D eigenvalue weighted by atomic mass is 32.2. The molecule has 12 heteroatoms. The van der Waals surface area contributed by atoms with E-state index >= 15 is 0 Å². The molecule has 2 aliphatic rings. The van der Waals surface area contributed by atoms with Crippen LogP contribution in [0.3, 0.4) is 0 Å². The summed E-state index contributed by atoms with van der Waals surface area (Å²) in [5.74, 6) is -0.400. The first kappa shape index (κ1) is 23.5. The first-order valence-electron chi connectivity index (χ1n) is 10.7. The number of nitrogens with one attached hydrogen (secondary N) is 3. The van der Waals surface area contributed by atoms with Gasteiger partial charge in [-0.1, -0.05) is 12.1 Å². The van der Waals surface area contributed by atoms with Crippen molar-refractivity contribution in [1.29, 1.82) is 0 Å². The summed E-state index contributed by atoms with van der Waals surface area (Å²) in [6.45, 7) is 2.01. The predicted octanol–water partition coefficient (Wildman–Crippen LogP) is 1.54. The first-order chi connectivity index (χ1) is 16.4. The molecule has 1 fully saturated rings. The Morgan fingerprint density at radius 1 is 1.15 bits per heavy atom. The highest BCUT2D eigenvalue weighted by Crippen LogP contribution is 2.33. The average Bonchev–Trinajstić information content (AvgIpc) is 2.85. The lowest BCUT2D eigenvalue weighted by Crippen LogP contribution is -2.37. The van der Waals surface area contributed by atoms with Gasteiger partial charge in [0, 0.05) is 31.6 Å². The van der Waals surface area contributed by atoms with E-state index in [9.17, 15) is 18.0 Å². The molecule has 2 aliphatic heterocycles. The molecule has 0 atom stereocenters. The van der Waals surface area contributed by atoms with Gasteiger partial charge < -0.3 is 19.7 Å². The van der Waals surface area contributed by atoms with Crippen LogP contribution >= 0.6 is 0 Å². The van der Waals surface area contributed by atoms with E-state index in [1.54, 1.807) is 36.4 Å². The van der Waals surface area contributed by atoms with Crippen LogP contribution in [-0.4, -0.2) is 59.4 Å². The van der Waals surface area contributed by atoms with Crippen molar-refractivity contribution in [3.05, 3.63) is 42.5 Å². The Morgan fingerprint density at radius 2 is 1.91 bits per heavy atom. The molecule has 0 spiro atoms. The van der Waals surface area contributed by atoms with E-state index in [0.717, 1.165) is 0 Å². The van der Waals surface area contributed by atoms with Crippen LogP contribution in [0.1, 0.15) is 12.8 Å². The van der Waals surface area contributed by atoms with Crippen LogP contribution in [0.5, 0.6) is 5.75 Å². The van der Waals surface area contributed by atoms with E-state index in [1.807, 2.05) is 4.90 Å². The lowest BCUT2D eigenvalue weighted by molar-refractivity contribution is -0.121. The molecule has 1 saturated heterocycles.